The predicted octanol–water partition coefficient (Wildman–Crippen LogP) is 4.59. The van der Waals surface area contributed by atoms with Gasteiger partial charge < -0.3 is 10.0 Å². The molecule has 2 heterocycles. The summed E-state index contributed by atoms with van der Waals surface area (Å²) >= 11 is 0. The lowest BCUT2D eigenvalue weighted by atomic mass is 9.80. The molecule has 0 atom stereocenters. The Hall–Kier alpha value is -4.26. The van der Waals surface area contributed by atoms with Gasteiger partial charge in [0, 0.05) is 28.0 Å². The molecule has 162 valence electrons. The van der Waals surface area contributed by atoms with Crippen molar-refractivity contribution in [3.63, 3.8) is 0 Å². The highest BCUT2D eigenvalue weighted by atomic mass is 16.4. The molecule has 0 aliphatic carbocycles. The SMILES string of the molecule is OB(O)c1ccc2c(c1)c1ccccc1n2-c1cc(-c2ccccc2)nc(-c2ccccc2)n1. The number of aromatic nitrogens is 3. The average Bonchev–Trinajstić information content (AvgIpc) is 3.23. The van der Waals surface area contributed by atoms with Gasteiger partial charge in [-0.2, -0.15) is 0 Å². The summed E-state index contributed by atoms with van der Waals surface area (Å²) in [5, 5.41) is 21.4. The fraction of sp³-hybridized carbons (Fsp3) is 0. The van der Waals surface area contributed by atoms with Crippen LogP contribution in [0, 0.1) is 0 Å². The maximum Gasteiger partial charge on any atom is 0.488 e. The Morgan fingerprint density at radius 3 is 1.97 bits per heavy atom. The smallest absolute Gasteiger partial charge is 0.423 e. The molecular formula is C28H20BN3O2. The Morgan fingerprint density at radius 1 is 0.588 bits per heavy atom. The van der Waals surface area contributed by atoms with E-state index in [0.717, 1.165) is 44.4 Å². The van der Waals surface area contributed by atoms with Gasteiger partial charge in [-0.25, -0.2) is 9.97 Å². The molecule has 4 aromatic carbocycles. The molecule has 2 aromatic heterocycles. The van der Waals surface area contributed by atoms with Crippen LogP contribution >= 0.6 is 0 Å². The minimum Gasteiger partial charge on any atom is -0.423 e. The second-order valence-corrected chi connectivity index (χ2v) is 8.17. The third-order valence-electron chi connectivity index (χ3n) is 6.04. The summed E-state index contributed by atoms with van der Waals surface area (Å²) in [6.07, 6.45) is 0. The first kappa shape index (κ1) is 20.4. The molecule has 0 aliphatic rings. The Bertz CT molecular complexity index is 1570. The highest BCUT2D eigenvalue weighted by Crippen LogP contribution is 2.33. The van der Waals surface area contributed by atoms with Gasteiger partial charge in [-0.05, 0) is 17.6 Å². The van der Waals surface area contributed by atoms with Crippen molar-refractivity contribution < 1.29 is 10.0 Å². The van der Waals surface area contributed by atoms with Crippen LogP contribution in [0.25, 0.3) is 50.3 Å². The normalized spacial score (nSPS) is 11.2. The Balaban J connectivity index is 1.68. The van der Waals surface area contributed by atoms with Crippen LogP contribution in [0.3, 0.4) is 0 Å². The number of benzene rings is 4. The van der Waals surface area contributed by atoms with Crippen LogP contribution in [-0.2, 0) is 0 Å². The van der Waals surface area contributed by atoms with Crippen LogP contribution in [0.1, 0.15) is 0 Å². The van der Waals surface area contributed by atoms with Crippen molar-refractivity contribution in [2.45, 2.75) is 0 Å². The van der Waals surface area contributed by atoms with E-state index in [-0.39, 0.29) is 0 Å². The van der Waals surface area contributed by atoms with E-state index in [9.17, 15) is 10.0 Å². The summed E-state index contributed by atoms with van der Waals surface area (Å²) < 4.78 is 2.11. The number of nitrogens with zero attached hydrogens (tertiary/aromatic N) is 3. The molecule has 5 nitrogen and oxygen atoms in total. The van der Waals surface area contributed by atoms with Crippen molar-refractivity contribution >= 4 is 34.4 Å². The van der Waals surface area contributed by atoms with Gasteiger partial charge in [-0.3, -0.25) is 4.57 Å². The minimum atomic E-state index is -1.53. The molecule has 0 aliphatic heterocycles. The monoisotopic (exact) mass is 441 g/mol. The van der Waals surface area contributed by atoms with E-state index in [1.807, 2.05) is 97.1 Å². The van der Waals surface area contributed by atoms with Crippen molar-refractivity contribution in [1.82, 2.24) is 14.5 Å². The molecule has 6 rings (SSSR count). The molecule has 0 bridgehead atoms. The number of hydrogen-bond donors (Lipinski definition) is 2. The summed E-state index contributed by atoms with van der Waals surface area (Å²) in [4.78, 5) is 9.87. The maximum atomic E-state index is 9.73. The molecule has 0 fully saturated rings. The Morgan fingerprint density at radius 2 is 1.24 bits per heavy atom. The van der Waals surface area contributed by atoms with Gasteiger partial charge in [-0.1, -0.05) is 91.0 Å². The maximum absolute atomic E-state index is 9.73. The van der Waals surface area contributed by atoms with Crippen LogP contribution in [0.15, 0.2) is 109 Å². The zero-order valence-corrected chi connectivity index (χ0v) is 18.2. The van der Waals surface area contributed by atoms with E-state index >= 15 is 0 Å². The van der Waals surface area contributed by atoms with Gasteiger partial charge in [0.15, 0.2) is 5.82 Å². The predicted molar refractivity (Wildman–Crippen MR) is 137 cm³/mol. The fourth-order valence-electron chi connectivity index (χ4n) is 4.42. The number of fused-ring (bicyclic) bond motifs is 3. The summed E-state index contributed by atoms with van der Waals surface area (Å²) in [6, 6.07) is 35.6. The van der Waals surface area contributed by atoms with E-state index in [1.54, 1.807) is 6.07 Å². The van der Waals surface area contributed by atoms with Crippen molar-refractivity contribution in [1.29, 1.82) is 0 Å². The standard InChI is InChI=1S/C28H20BN3O2/c33-29(34)21-15-16-26-23(17-21)22-13-7-8-14-25(22)32(26)27-18-24(19-9-3-1-4-10-19)30-28(31-27)20-11-5-2-6-12-20/h1-18,33-34H. The van der Waals surface area contributed by atoms with Crippen LogP contribution in [0.4, 0.5) is 0 Å². The lowest BCUT2D eigenvalue weighted by molar-refractivity contribution is 0.426. The second kappa shape index (κ2) is 8.26. The zero-order valence-electron chi connectivity index (χ0n) is 18.2. The van der Waals surface area contributed by atoms with Crippen LogP contribution in [-0.4, -0.2) is 31.7 Å². The van der Waals surface area contributed by atoms with E-state index in [1.165, 1.54) is 0 Å². The fourth-order valence-corrected chi connectivity index (χ4v) is 4.42. The van der Waals surface area contributed by atoms with Gasteiger partial charge in [0.1, 0.15) is 5.82 Å². The molecule has 6 heteroatoms. The summed E-state index contributed by atoms with van der Waals surface area (Å²) in [6.45, 7) is 0. The lowest BCUT2D eigenvalue weighted by Gasteiger charge is -2.12. The summed E-state index contributed by atoms with van der Waals surface area (Å²) in [7, 11) is -1.53. The molecule has 0 amide bonds. The van der Waals surface area contributed by atoms with Gasteiger partial charge in [-0.15, -0.1) is 0 Å². The summed E-state index contributed by atoms with van der Waals surface area (Å²) in [5.74, 6) is 1.39. The third kappa shape index (κ3) is 3.46. The lowest BCUT2D eigenvalue weighted by Crippen LogP contribution is -2.29. The molecule has 6 aromatic rings. The van der Waals surface area contributed by atoms with E-state index in [4.69, 9.17) is 9.97 Å². The first-order valence-corrected chi connectivity index (χ1v) is 11.1. The van der Waals surface area contributed by atoms with Crippen LogP contribution < -0.4 is 5.46 Å². The third-order valence-corrected chi connectivity index (χ3v) is 6.04. The molecular weight excluding hydrogens is 421 g/mol. The zero-order chi connectivity index (χ0) is 23.1. The molecule has 0 spiro atoms. The first-order chi connectivity index (χ1) is 16.7. The number of para-hydroxylation sites is 1. The summed E-state index contributed by atoms with van der Waals surface area (Å²) in [5.41, 5.74) is 5.15. The highest BCUT2D eigenvalue weighted by Gasteiger charge is 2.18. The topological polar surface area (TPSA) is 71.2 Å². The minimum absolute atomic E-state index is 0.452. The van der Waals surface area contributed by atoms with Crippen molar-refractivity contribution in [2.75, 3.05) is 0 Å². The van der Waals surface area contributed by atoms with Crippen LogP contribution in [0.2, 0.25) is 0 Å². The average molecular weight is 441 g/mol. The van der Waals surface area contributed by atoms with Crippen molar-refractivity contribution in [3.8, 4) is 28.5 Å². The van der Waals surface area contributed by atoms with E-state index < -0.39 is 7.12 Å². The van der Waals surface area contributed by atoms with Gasteiger partial charge in [0.05, 0.1) is 16.7 Å². The van der Waals surface area contributed by atoms with Gasteiger partial charge in [0.2, 0.25) is 0 Å². The number of hydrogen-bond acceptors (Lipinski definition) is 4. The van der Waals surface area contributed by atoms with E-state index in [0.29, 0.717) is 11.3 Å². The quantitative estimate of drug-likeness (QED) is 0.393. The largest absolute Gasteiger partial charge is 0.488 e. The van der Waals surface area contributed by atoms with Crippen LogP contribution in [0.5, 0.6) is 0 Å². The van der Waals surface area contributed by atoms with Gasteiger partial charge in [0.25, 0.3) is 0 Å². The highest BCUT2D eigenvalue weighted by molar-refractivity contribution is 6.59. The first-order valence-electron chi connectivity index (χ1n) is 11.1. The molecule has 2 N–H and O–H groups in total. The molecule has 34 heavy (non-hydrogen) atoms. The Kier molecular flexibility index (Phi) is 4.95. The molecule has 0 saturated carbocycles. The molecule has 0 radical (unpaired) electrons. The van der Waals surface area contributed by atoms with Gasteiger partial charge >= 0.3 is 7.12 Å². The van der Waals surface area contributed by atoms with E-state index in [2.05, 4.69) is 10.6 Å². The molecule has 0 saturated heterocycles. The number of rotatable bonds is 4. The molecule has 0 unspecified atom stereocenters. The van der Waals surface area contributed by atoms with Crippen molar-refractivity contribution in [2.24, 2.45) is 0 Å². The second-order valence-electron chi connectivity index (χ2n) is 8.17. The Labute approximate surface area is 196 Å². The van der Waals surface area contributed by atoms with Crippen molar-refractivity contribution in [3.05, 3.63) is 109 Å².